The molecule has 2 heterocycles. The highest BCUT2D eigenvalue weighted by Gasteiger charge is 2.18. The predicted molar refractivity (Wildman–Crippen MR) is 109 cm³/mol. The number of primary amides is 1. The summed E-state index contributed by atoms with van der Waals surface area (Å²) in [5, 5.41) is 0. The van der Waals surface area contributed by atoms with Crippen LogP contribution < -0.4 is 11.5 Å². The highest BCUT2D eigenvalue weighted by atomic mass is 32.1. The highest BCUT2D eigenvalue weighted by molar-refractivity contribution is 7.19. The van der Waals surface area contributed by atoms with Gasteiger partial charge in [-0.3, -0.25) is 4.79 Å². The molecule has 0 bridgehead atoms. The van der Waals surface area contributed by atoms with Crippen LogP contribution in [0.25, 0.3) is 32.1 Å². The molecule has 0 saturated carbocycles. The number of nitrogen functional groups attached to an aromatic ring is 1. The fraction of sp³-hybridized carbons (Fsp3) is 0. The van der Waals surface area contributed by atoms with E-state index in [0.717, 1.165) is 32.1 Å². The molecule has 0 aliphatic heterocycles. The summed E-state index contributed by atoms with van der Waals surface area (Å²) in [6, 6.07) is 21.2. The smallest absolute Gasteiger partial charge is 0.249 e. The summed E-state index contributed by atoms with van der Waals surface area (Å²) in [6.45, 7) is 0. The lowest BCUT2D eigenvalue weighted by Crippen LogP contribution is -2.12. The minimum Gasteiger partial charge on any atom is -0.368 e. The zero-order valence-corrected chi connectivity index (χ0v) is 15.1. The molecule has 6 heteroatoms. The van der Waals surface area contributed by atoms with Crippen molar-refractivity contribution in [3.8, 4) is 32.1 Å². The van der Waals surface area contributed by atoms with E-state index in [1.807, 2.05) is 60.7 Å². The molecule has 0 spiro atoms. The van der Waals surface area contributed by atoms with Gasteiger partial charge in [0.1, 0.15) is 0 Å². The van der Waals surface area contributed by atoms with Gasteiger partial charge in [0.25, 0.3) is 0 Å². The van der Waals surface area contributed by atoms with Gasteiger partial charge in [-0.2, -0.15) is 0 Å². The first-order valence-electron chi connectivity index (χ1n) is 8.31. The number of nitrogens with two attached hydrogens (primary N) is 2. The van der Waals surface area contributed by atoms with Crippen LogP contribution in [0, 0.1) is 0 Å². The highest BCUT2D eigenvalue weighted by Crippen LogP contribution is 2.43. The van der Waals surface area contributed by atoms with Gasteiger partial charge in [0.05, 0.1) is 10.6 Å². The van der Waals surface area contributed by atoms with Crippen molar-refractivity contribution in [3.63, 3.8) is 0 Å². The van der Waals surface area contributed by atoms with Crippen LogP contribution in [0.5, 0.6) is 0 Å². The Morgan fingerprint density at radius 3 is 2.41 bits per heavy atom. The predicted octanol–water partition coefficient (Wildman–Crippen LogP) is 4.22. The minimum absolute atomic E-state index is 0.223. The quantitative estimate of drug-likeness (QED) is 0.561. The summed E-state index contributed by atoms with van der Waals surface area (Å²) in [4.78, 5) is 22.2. The first kappa shape index (κ1) is 16.9. The van der Waals surface area contributed by atoms with E-state index in [1.54, 1.807) is 23.6 Å². The number of aromatic nitrogens is 2. The third kappa shape index (κ3) is 3.30. The molecule has 5 nitrogen and oxygen atoms in total. The van der Waals surface area contributed by atoms with Crippen LogP contribution in [-0.2, 0) is 0 Å². The van der Waals surface area contributed by atoms with E-state index in [2.05, 4.69) is 9.97 Å². The normalized spacial score (nSPS) is 10.7. The number of benzene rings is 2. The molecule has 0 aliphatic carbocycles. The Morgan fingerprint density at radius 1 is 0.926 bits per heavy atom. The molecule has 0 radical (unpaired) electrons. The standard InChI is InChI=1S/C21H16N4OS/c22-20(26)15-9-5-4-8-14(15)16-12-18(17-10-11-24-21(23)25-17)27-19(16)13-6-2-1-3-7-13/h1-12H,(H2,22,26)(H2,23,24,25). The van der Waals surface area contributed by atoms with Crippen molar-refractivity contribution in [2.45, 2.75) is 0 Å². The SMILES string of the molecule is NC(=O)c1ccccc1-c1cc(-c2ccnc(N)n2)sc1-c1ccccc1. The van der Waals surface area contributed by atoms with Gasteiger partial charge in [0, 0.05) is 22.2 Å². The maximum Gasteiger partial charge on any atom is 0.249 e. The van der Waals surface area contributed by atoms with Crippen LogP contribution in [0.15, 0.2) is 72.9 Å². The zero-order valence-electron chi connectivity index (χ0n) is 14.3. The van der Waals surface area contributed by atoms with Gasteiger partial charge in [-0.1, -0.05) is 48.5 Å². The molecule has 4 N–H and O–H groups in total. The molecule has 4 aromatic rings. The van der Waals surface area contributed by atoms with Gasteiger partial charge in [-0.25, -0.2) is 9.97 Å². The van der Waals surface area contributed by atoms with Crippen molar-refractivity contribution >= 4 is 23.2 Å². The monoisotopic (exact) mass is 372 g/mol. The average molecular weight is 372 g/mol. The molecule has 1 amide bonds. The van der Waals surface area contributed by atoms with E-state index in [9.17, 15) is 4.79 Å². The summed E-state index contributed by atoms with van der Waals surface area (Å²) in [5.74, 6) is -0.232. The van der Waals surface area contributed by atoms with Crippen LogP contribution in [0.2, 0.25) is 0 Å². The number of carbonyl (C=O) groups excluding carboxylic acids is 1. The van der Waals surface area contributed by atoms with Crippen LogP contribution in [0.1, 0.15) is 10.4 Å². The summed E-state index contributed by atoms with van der Waals surface area (Å²) >= 11 is 1.59. The number of carbonyl (C=O) groups is 1. The number of amides is 1. The fourth-order valence-corrected chi connectivity index (χ4v) is 4.11. The summed E-state index contributed by atoms with van der Waals surface area (Å²) < 4.78 is 0. The van der Waals surface area contributed by atoms with Crippen LogP contribution in [-0.4, -0.2) is 15.9 Å². The lowest BCUT2D eigenvalue weighted by atomic mass is 9.97. The van der Waals surface area contributed by atoms with Crippen molar-refractivity contribution in [1.82, 2.24) is 9.97 Å². The molecule has 2 aromatic heterocycles. The third-order valence-electron chi connectivity index (χ3n) is 4.18. The van der Waals surface area contributed by atoms with Crippen molar-refractivity contribution in [2.24, 2.45) is 5.73 Å². The Hall–Kier alpha value is -3.51. The van der Waals surface area contributed by atoms with Crippen LogP contribution in [0.3, 0.4) is 0 Å². The Kier molecular flexibility index (Phi) is 4.40. The first-order valence-corrected chi connectivity index (χ1v) is 9.12. The second kappa shape index (κ2) is 7.01. The topological polar surface area (TPSA) is 94.9 Å². The van der Waals surface area contributed by atoms with Gasteiger partial charge in [0.2, 0.25) is 11.9 Å². The Bertz CT molecular complexity index is 1120. The van der Waals surface area contributed by atoms with Crippen molar-refractivity contribution < 1.29 is 4.79 Å². The average Bonchev–Trinajstić information content (AvgIpc) is 3.14. The van der Waals surface area contributed by atoms with Gasteiger partial charge < -0.3 is 11.5 Å². The molecule has 2 aromatic carbocycles. The van der Waals surface area contributed by atoms with Gasteiger partial charge in [-0.15, -0.1) is 11.3 Å². The first-order chi connectivity index (χ1) is 13.1. The Balaban J connectivity index is 1.97. The Morgan fingerprint density at radius 2 is 1.67 bits per heavy atom. The number of thiophene rings is 1. The largest absolute Gasteiger partial charge is 0.368 e. The molecule has 0 saturated heterocycles. The lowest BCUT2D eigenvalue weighted by molar-refractivity contribution is 0.100. The molecular formula is C21H16N4OS. The lowest BCUT2D eigenvalue weighted by Gasteiger charge is -2.08. The number of anilines is 1. The fourth-order valence-electron chi connectivity index (χ4n) is 2.97. The maximum atomic E-state index is 12.0. The number of hydrogen-bond donors (Lipinski definition) is 2. The third-order valence-corrected chi connectivity index (χ3v) is 5.38. The van der Waals surface area contributed by atoms with Crippen molar-refractivity contribution in [1.29, 1.82) is 0 Å². The van der Waals surface area contributed by atoms with Crippen LogP contribution >= 0.6 is 11.3 Å². The van der Waals surface area contributed by atoms with E-state index in [0.29, 0.717) is 5.56 Å². The van der Waals surface area contributed by atoms with Gasteiger partial charge in [0.15, 0.2) is 0 Å². The number of rotatable bonds is 4. The minimum atomic E-state index is -0.455. The summed E-state index contributed by atoms with van der Waals surface area (Å²) in [5.41, 5.74) is 15.4. The van der Waals surface area contributed by atoms with E-state index in [1.165, 1.54) is 0 Å². The van der Waals surface area contributed by atoms with Crippen molar-refractivity contribution in [2.75, 3.05) is 5.73 Å². The van der Waals surface area contributed by atoms with Crippen LogP contribution in [0.4, 0.5) is 5.95 Å². The number of nitrogens with zero attached hydrogens (tertiary/aromatic N) is 2. The summed E-state index contributed by atoms with van der Waals surface area (Å²) in [7, 11) is 0. The molecular weight excluding hydrogens is 356 g/mol. The summed E-state index contributed by atoms with van der Waals surface area (Å²) in [6.07, 6.45) is 1.64. The molecule has 0 fully saturated rings. The second-order valence-corrected chi connectivity index (χ2v) is 6.98. The maximum absolute atomic E-state index is 12.0. The molecule has 4 rings (SSSR count). The van der Waals surface area contributed by atoms with E-state index < -0.39 is 5.91 Å². The van der Waals surface area contributed by atoms with Crippen molar-refractivity contribution in [3.05, 3.63) is 78.5 Å². The molecule has 0 aliphatic rings. The molecule has 27 heavy (non-hydrogen) atoms. The van der Waals surface area contributed by atoms with E-state index in [-0.39, 0.29) is 5.95 Å². The second-order valence-electron chi connectivity index (χ2n) is 5.93. The Labute approximate surface area is 160 Å². The molecule has 0 unspecified atom stereocenters. The van der Waals surface area contributed by atoms with E-state index in [4.69, 9.17) is 11.5 Å². The molecule has 0 atom stereocenters. The molecule has 132 valence electrons. The number of hydrogen-bond acceptors (Lipinski definition) is 5. The van der Waals surface area contributed by atoms with Gasteiger partial charge >= 0.3 is 0 Å². The zero-order chi connectivity index (χ0) is 18.8. The van der Waals surface area contributed by atoms with E-state index >= 15 is 0 Å². The van der Waals surface area contributed by atoms with Gasteiger partial charge in [-0.05, 0) is 29.3 Å².